The van der Waals surface area contributed by atoms with E-state index in [-0.39, 0.29) is 25.4 Å². The molecule has 1 unspecified atom stereocenters. The summed E-state index contributed by atoms with van der Waals surface area (Å²) in [5, 5.41) is 24.0. The van der Waals surface area contributed by atoms with Crippen LogP contribution >= 0.6 is 0 Å². The molecule has 39 heavy (non-hydrogen) atoms. The Labute approximate surface area is 230 Å². The largest absolute Gasteiger partial charge is 0.479 e. The van der Waals surface area contributed by atoms with Crippen molar-refractivity contribution in [3.05, 3.63) is 71.8 Å². The molecule has 0 aliphatic rings. The Morgan fingerprint density at radius 3 is 1.95 bits per heavy atom. The van der Waals surface area contributed by atoms with Crippen LogP contribution in [0.25, 0.3) is 0 Å². The lowest BCUT2D eigenvalue weighted by Crippen LogP contribution is -2.63. The number of nitrogens with zero attached hydrogens (tertiary/aromatic N) is 3. The molecule has 0 saturated carbocycles. The van der Waals surface area contributed by atoms with Crippen LogP contribution in [0.4, 0.5) is 4.79 Å². The second-order valence-electron chi connectivity index (χ2n) is 10.0. The van der Waals surface area contributed by atoms with Gasteiger partial charge in [0.2, 0.25) is 11.9 Å². The van der Waals surface area contributed by atoms with Crippen molar-refractivity contribution in [2.24, 2.45) is 28.2 Å². The fourth-order valence-electron chi connectivity index (χ4n) is 4.81. The predicted molar refractivity (Wildman–Crippen MR) is 152 cm³/mol. The zero-order chi connectivity index (χ0) is 29.2. The van der Waals surface area contributed by atoms with E-state index in [0.29, 0.717) is 6.42 Å². The number of rotatable bonds is 13. The van der Waals surface area contributed by atoms with Crippen LogP contribution in [0.5, 0.6) is 0 Å². The van der Waals surface area contributed by atoms with E-state index in [2.05, 4.69) is 5.10 Å². The second kappa shape index (κ2) is 14.0. The van der Waals surface area contributed by atoms with Crippen LogP contribution in [0.1, 0.15) is 51.7 Å². The molecule has 0 spiro atoms. The molecule has 8 N–H and O–H groups in total. The van der Waals surface area contributed by atoms with E-state index in [4.69, 9.17) is 27.3 Å². The molecule has 2 aromatic carbocycles. The topological polar surface area (TPSA) is 184 Å². The summed E-state index contributed by atoms with van der Waals surface area (Å²) in [4.78, 5) is 27.8. The molecule has 0 fully saturated rings. The molecule has 2 atom stereocenters. The minimum atomic E-state index is -1.63. The van der Waals surface area contributed by atoms with Crippen molar-refractivity contribution in [2.45, 2.75) is 71.2 Å². The summed E-state index contributed by atoms with van der Waals surface area (Å²) in [5.41, 5.74) is 17.2. The van der Waals surface area contributed by atoms with Gasteiger partial charge in [-0.05, 0) is 50.2 Å². The number of nitrogens with two attached hydrogens (primary N) is 3. The van der Waals surface area contributed by atoms with Crippen molar-refractivity contribution in [3.63, 3.8) is 0 Å². The first-order valence-electron chi connectivity index (χ1n) is 12.9. The molecule has 0 saturated heterocycles. The number of ether oxygens (including phenoxy) is 1. The van der Waals surface area contributed by atoms with E-state index < -0.39 is 41.6 Å². The summed E-state index contributed by atoms with van der Waals surface area (Å²) < 4.78 is 5.60. The molecular formula is C28H41N7O4. The Bertz CT molecular complexity index is 1120. The smallest absolute Gasteiger partial charge is 0.411 e. The van der Waals surface area contributed by atoms with Crippen LogP contribution in [0, 0.1) is 11.3 Å². The summed E-state index contributed by atoms with van der Waals surface area (Å²) in [6.45, 7) is 7.05. The highest BCUT2D eigenvalue weighted by molar-refractivity contribution is 5.85. The molecule has 0 radical (unpaired) electrons. The number of carboxylic acid groups (broad SMARTS) is 1. The van der Waals surface area contributed by atoms with E-state index in [1.54, 1.807) is 27.7 Å². The fraction of sp³-hybridized carbons (Fsp3) is 0.429. The second-order valence-corrected chi connectivity index (χ2v) is 10.0. The molecule has 0 aromatic heterocycles. The highest BCUT2D eigenvalue weighted by atomic mass is 16.6. The van der Waals surface area contributed by atoms with E-state index in [1.807, 2.05) is 60.7 Å². The van der Waals surface area contributed by atoms with Gasteiger partial charge in [0.1, 0.15) is 12.1 Å². The Balaban J connectivity index is 2.46. The number of hydrazone groups is 1. The van der Waals surface area contributed by atoms with Crippen molar-refractivity contribution < 1.29 is 19.4 Å². The first-order valence-corrected chi connectivity index (χ1v) is 12.9. The maximum atomic E-state index is 13.5. The summed E-state index contributed by atoms with van der Waals surface area (Å²) in [6.07, 6.45) is -0.118. The summed E-state index contributed by atoms with van der Waals surface area (Å²) in [5.74, 6) is -2.33. The average Bonchev–Trinajstić information content (AvgIpc) is 2.87. The maximum absolute atomic E-state index is 13.5. The standard InChI is InChI=1S/C28H41N7O4/c1-19(2)28(24(36)37,34(20(3)4)27(38)39-18-22-13-9-6-10-14-22)16-15-23(17-21-11-7-5-8-12-21)35(26(31)32)33-25(29)30/h5-14,19-20,23H,15-18H2,1-4H3,(H3,31,32)(H,36,37)(H4,29,30,33)/t23?,28-/m0/s1. The molecule has 0 aliphatic carbocycles. The zero-order valence-electron chi connectivity index (χ0n) is 23.1. The normalized spacial score (nSPS) is 13.3. The van der Waals surface area contributed by atoms with Crippen LogP contribution in [0.2, 0.25) is 0 Å². The number of amides is 1. The molecule has 0 bridgehead atoms. The quantitative estimate of drug-likeness (QED) is 0.146. The zero-order valence-corrected chi connectivity index (χ0v) is 23.1. The minimum absolute atomic E-state index is 0.00985. The molecule has 0 aliphatic heterocycles. The lowest BCUT2D eigenvalue weighted by molar-refractivity contribution is -0.156. The number of carbonyl (C=O) groups excluding carboxylic acids is 1. The summed E-state index contributed by atoms with van der Waals surface area (Å²) in [6, 6.07) is 17.6. The molecular weight excluding hydrogens is 498 g/mol. The highest BCUT2D eigenvalue weighted by Gasteiger charge is 2.51. The molecule has 0 heterocycles. The molecule has 212 valence electrons. The Morgan fingerprint density at radius 1 is 0.974 bits per heavy atom. The van der Waals surface area contributed by atoms with Crippen LogP contribution in [0.3, 0.4) is 0 Å². The van der Waals surface area contributed by atoms with Gasteiger partial charge in [0.05, 0.1) is 6.04 Å². The average molecular weight is 540 g/mol. The lowest BCUT2D eigenvalue weighted by atomic mass is 9.78. The predicted octanol–water partition coefficient (Wildman–Crippen LogP) is 3.29. The molecule has 11 nitrogen and oxygen atoms in total. The number of nitrogens with one attached hydrogen (secondary N) is 1. The Kier molecular flexibility index (Phi) is 11.1. The van der Waals surface area contributed by atoms with Gasteiger partial charge in [-0.1, -0.05) is 74.5 Å². The van der Waals surface area contributed by atoms with Crippen LogP contribution in [-0.4, -0.2) is 56.6 Å². The van der Waals surface area contributed by atoms with Gasteiger partial charge < -0.3 is 27.0 Å². The number of carbonyl (C=O) groups is 2. The maximum Gasteiger partial charge on any atom is 0.411 e. The van der Waals surface area contributed by atoms with Crippen LogP contribution in [-0.2, 0) is 22.6 Å². The van der Waals surface area contributed by atoms with E-state index in [1.165, 1.54) is 9.91 Å². The number of benzene rings is 2. The van der Waals surface area contributed by atoms with Gasteiger partial charge in [0, 0.05) is 6.04 Å². The van der Waals surface area contributed by atoms with Gasteiger partial charge in [-0.3, -0.25) is 10.3 Å². The number of aliphatic carboxylic acids is 1. The van der Waals surface area contributed by atoms with E-state index in [0.717, 1.165) is 11.1 Å². The third-order valence-electron chi connectivity index (χ3n) is 6.66. The van der Waals surface area contributed by atoms with Gasteiger partial charge >= 0.3 is 12.1 Å². The third kappa shape index (κ3) is 8.10. The number of hydrogen-bond acceptors (Lipinski definition) is 5. The molecule has 1 amide bonds. The van der Waals surface area contributed by atoms with Crippen LogP contribution < -0.4 is 17.2 Å². The molecule has 2 rings (SSSR count). The highest BCUT2D eigenvalue weighted by Crippen LogP contribution is 2.35. The summed E-state index contributed by atoms with van der Waals surface area (Å²) in [7, 11) is 0. The van der Waals surface area contributed by atoms with E-state index >= 15 is 0 Å². The number of carboxylic acids is 1. The SMILES string of the molecule is CC(C)N(C(=O)OCc1ccccc1)[C@](CCC(Cc1ccccc1)N(N=C(N)N)C(=N)N)(C(=O)O)C(C)C. The van der Waals surface area contributed by atoms with Crippen LogP contribution in [0.15, 0.2) is 65.8 Å². The van der Waals surface area contributed by atoms with Gasteiger partial charge in [0.25, 0.3) is 0 Å². The van der Waals surface area contributed by atoms with Gasteiger partial charge in [-0.25, -0.2) is 14.6 Å². The Hall–Kier alpha value is -4.28. The summed E-state index contributed by atoms with van der Waals surface area (Å²) >= 11 is 0. The van der Waals surface area contributed by atoms with Gasteiger partial charge in [-0.15, -0.1) is 5.10 Å². The number of hydrogen-bond donors (Lipinski definition) is 5. The van der Waals surface area contributed by atoms with Crippen molar-refractivity contribution in [1.82, 2.24) is 9.91 Å². The van der Waals surface area contributed by atoms with E-state index in [9.17, 15) is 14.7 Å². The Morgan fingerprint density at radius 2 is 1.51 bits per heavy atom. The first-order chi connectivity index (χ1) is 18.4. The lowest BCUT2D eigenvalue weighted by Gasteiger charge is -2.46. The van der Waals surface area contributed by atoms with Crippen molar-refractivity contribution in [1.29, 1.82) is 5.41 Å². The van der Waals surface area contributed by atoms with Gasteiger partial charge in [0.15, 0.2) is 0 Å². The third-order valence-corrected chi connectivity index (χ3v) is 6.66. The monoisotopic (exact) mass is 539 g/mol. The molecule has 2 aromatic rings. The first kappa shape index (κ1) is 30.9. The molecule has 11 heteroatoms. The number of guanidine groups is 2. The van der Waals surface area contributed by atoms with Crippen molar-refractivity contribution >= 4 is 24.0 Å². The van der Waals surface area contributed by atoms with Crippen molar-refractivity contribution in [3.8, 4) is 0 Å². The van der Waals surface area contributed by atoms with Crippen molar-refractivity contribution in [2.75, 3.05) is 0 Å². The minimum Gasteiger partial charge on any atom is -0.479 e. The fourth-order valence-corrected chi connectivity index (χ4v) is 4.81. The van der Waals surface area contributed by atoms with Gasteiger partial charge in [-0.2, -0.15) is 0 Å².